The first kappa shape index (κ1) is 15.6. The van der Waals surface area contributed by atoms with Crippen LogP contribution in [0, 0.1) is 5.92 Å². The molecule has 24 heavy (non-hydrogen) atoms. The number of rotatable bonds is 3. The highest BCUT2D eigenvalue weighted by Gasteiger charge is 2.49. The highest BCUT2D eigenvalue weighted by molar-refractivity contribution is 5.94. The Hall–Kier alpha value is -1.95. The Labute approximate surface area is 142 Å². The lowest BCUT2D eigenvalue weighted by Gasteiger charge is -2.50. The van der Waals surface area contributed by atoms with E-state index in [4.69, 9.17) is 0 Å². The van der Waals surface area contributed by atoms with Crippen molar-refractivity contribution in [3.05, 3.63) is 30.1 Å². The molecular weight excluding hydrogens is 304 g/mol. The third-order valence-electron chi connectivity index (χ3n) is 5.68. The van der Waals surface area contributed by atoms with Gasteiger partial charge in [-0.2, -0.15) is 0 Å². The van der Waals surface area contributed by atoms with Gasteiger partial charge in [0.1, 0.15) is 5.54 Å². The van der Waals surface area contributed by atoms with Crippen molar-refractivity contribution in [3.63, 3.8) is 0 Å². The zero-order valence-electron chi connectivity index (χ0n) is 13.9. The molecule has 6 heteroatoms. The van der Waals surface area contributed by atoms with Gasteiger partial charge in [-0.1, -0.05) is 0 Å². The fourth-order valence-electron chi connectivity index (χ4n) is 4.00. The van der Waals surface area contributed by atoms with Crippen LogP contribution in [0.2, 0.25) is 0 Å². The molecule has 1 aliphatic carbocycles. The molecule has 3 heterocycles. The van der Waals surface area contributed by atoms with Crippen LogP contribution >= 0.6 is 0 Å². The van der Waals surface area contributed by atoms with Crippen molar-refractivity contribution in [2.75, 3.05) is 32.7 Å². The first-order valence-electron chi connectivity index (χ1n) is 8.92. The summed E-state index contributed by atoms with van der Waals surface area (Å²) in [5.74, 6) is 0.965. The number of nitrogens with zero attached hydrogens (tertiary/aromatic N) is 3. The summed E-state index contributed by atoms with van der Waals surface area (Å²) >= 11 is 0. The van der Waals surface area contributed by atoms with Gasteiger partial charge >= 0.3 is 0 Å². The molecule has 0 atom stereocenters. The van der Waals surface area contributed by atoms with Crippen LogP contribution < -0.4 is 5.32 Å². The largest absolute Gasteiger partial charge is 0.353 e. The van der Waals surface area contributed by atoms with E-state index < -0.39 is 5.54 Å². The Bertz CT molecular complexity index is 621. The minimum absolute atomic E-state index is 0.0391. The van der Waals surface area contributed by atoms with Gasteiger partial charge < -0.3 is 10.2 Å². The van der Waals surface area contributed by atoms with Crippen LogP contribution in [0.15, 0.2) is 24.5 Å². The lowest BCUT2D eigenvalue weighted by molar-refractivity contribution is -0.141. The summed E-state index contributed by atoms with van der Waals surface area (Å²) < 4.78 is 0. The van der Waals surface area contributed by atoms with E-state index in [2.05, 4.69) is 15.2 Å². The van der Waals surface area contributed by atoms with Gasteiger partial charge in [-0.05, 0) is 43.7 Å². The smallest absolute Gasteiger partial charge is 0.253 e. The Kier molecular flexibility index (Phi) is 4.00. The lowest BCUT2D eigenvalue weighted by atomic mass is 9.82. The van der Waals surface area contributed by atoms with Crippen LogP contribution in [-0.4, -0.2) is 64.9 Å². The highest BCUT2D eigenvalue weighted by atomic mass is 16.2. The van der Waals surface area contributed by atoms with Crippen LogP contribution in [0.5, 0.6) is 0 Å². The predicted octanol–water partition coefficient (Wildman–Crippen LogP) is 0.898. The SMILES string of the molecule is O=C(c1ccncc1)N1CCC2(CC1)C(=O)NCCN2CC1CC1. The Balaban J connectivity index is 1.46. The minimum atomic E-state index is -0.407. The molecule has 2 saturated heterocycles. The number of hydrogen-bond acceptors (Lipinski definition) is 4. The maximum Gasteiger partial charge on any atom is 0.253 e. The first-order chi connectivity index (χ1) is 11.7. The summed E-state index contributed by atoms with van der Waals surface area (Å²) in [5.41, 5.74) is 0.263. The van der Waals surface area contributed by atoms with Crippen LogP contribution in [0.4, 0.5) is 0 Å². The van der Waals surface area contributed by atoms with Gasteiger partial charge in [-0.3, -0.25) is 19.5 Å². The monoisotopic (exact) mass is 328 g/mol. The number of hydrogen-bond donors (Lipinski definition) is 1. The maximum atomic E-state index is 12.7. The van der Waals surface area contributed by atoms with Gasteiger partial charge in [-0.15, -0.1) is 0 Å². The van der Waals surface area contributed by atoms with Gasteiger partial charge in [0.2, 0.25) is 5.91 Å². The average molecular weight is 328 g/mol. The minimum Gasteiger partial charge on any atom is -0.353 e. The molecule has 1 aromatic heterocycles. The molecule has 1 aromatic rings. The standard InChI is InChI=1S/C18H24N4O2/c23-16(15-3-7-19-8-4-15)21-10-5-18(6-11-21)17(24)20-9-12-22(18)13-14-1-2-14/h3-4,7-8,14H,1-2,5-6,9-13H2,(H,20,24). The van der Waals surface area contributed by atoms with Crippen molar-refractivity contribution in [2.45, 2.75) is 31.2 Å². The summed E-state index contributed by atoms with van der Waals surface area (Å²) in [6.45, 7) is 3.98. The molecule has 0 unspecified atom stereocenters. The summed E-state index contributed by atoms with van der Waals surface area (Å²) in [7, 11) is 0. The van der Waals surface area contributed by atoms with E-state index in [1.807, 2.05) is 4.90 Å². The quantitative estimate of drug-likeness (QED) is 0.895. The topological polar surface area (TPSA) is 65.5 Å². The number of carbonyl (C=O) groups excluding carboxylic acids is 2. The Morgan fingerprint density at radius 2 is 1.92 bits per heavy atom. The lowest BCUT2D eigenvalue weighted by Crippen LogP contribution is -2.68. The molecule has 0 radical (unpaired) electrons. The van der Waals surface area contributed by atoms with Crippen molar-refractivity contribution in [1.82, 2.24) is 20.1 Å². The second-order valence-electron chi connectivity index (χ2n) is 7.20. The molecule has 6 nitrogen and oxygen atoms in total. The van der Waals surface area contributed by atoms with E-state index >= 15 is 0 Å². The zero-order chi connectivity index (χ0) is 16.6. The van der Waals surface area contributed by atoms with Crippen LogP contribution in [0.25, 0.3) is 0 Å². The van der Waals surface area contributed by atoms with Crippen molar-refractivity contribution < 1.29 is 9.59 Å². The summed E-state index contributed by atoms with van der Waals surface area (Å²) in [4.78, 5) is 33.5. The molecule has 0 aromatic carbocycles. The molecule has 1 spiro atoms. The molecule has 1 N–H and O–H groups in total. The number of pyridine rings is 1. The summed E-state index contributed by atoms with van der Waals surface area (Å²) in [6.07, 6.45) is 7.32. The van der Waals surface area contributed by atoms with E-state index in [0.29, 0.717) is 18.7 Å². The molecule has 4 rings (SSSR count). The van der Waals surface area contributed by atoms with Crippen LogP contribution in [-0.2, 0) is 4.79 Å². The maximum absolute atomic E-state index is 12.7. The van der Waals surface area contributed by atoms with Crippen molar-refractivity contribution in [3.8, 4) is 0 Å². The van der Waals surface area contributed by atoms with Gasteiger partial charge in [0.15, 0.2) is 0 Å². The van der Waals surface area contributed by atoms with Crippen molar-refractivity contribution >= 4 is 11.8 Å². The van der Waals surface area contributed by atoms with E-state index in [1.165, 1.54) is 12.8 Å². The number of nitrogens with one attached hydrogen (secondary N) is 1. The first-order valence-corrected chi connectivity index (χ1v) is 8.92. The van der Waals surface area contributed by atoms with Crippen LogP contribution in [0.3, 0.4) is 0 Å². The van der Waals surface area contributed by atoms with E-state index in [1.54, 1.807) is 24.5 Å². The second-order valence-corrected chi connectivity index (χ2v) is 7.20. The van der Waals surface area contributed by atoms with E-state index in [9.17, 15) is 9.59 Å². The summed E-state index contributed by atoms with van der Waals surface area (Å²) in [5, 5.41) is 3.05. The van der Waals surface area contributed by atoms with E-state index in [0.717, 1.165) is 38.4 Å². The number of amides is 2. The molecule has 128 valence electrons. The fraction of sp³-hybridized carbons (Fsp3) is 0.611. The van der Waals surface area contributed by atoms with Gasteiger partial charge in [0.25, 0.3) is 5.91 Å². The number of piperazine rings is 1. The normalized spacial score (nSPS) is 24.0. The average Bonchev–Trinajstić information content (AvgIpc) is 3.44. The van der Waals surface area contributed by atoms with Gasteiger partial charge in [0, 0.05) is 50.7 Å². The predicted molar refractivity (Wildman–Crippen MR) is 89.4 cm³/mol. The van der Waals surface area contributed by atoms with Crippen molar-refractivity contribution in [1.29, 1.82) is 0 Å². The molecule has 2 aliphatic heterocycles. The molecule has 2 amide bonds. The zero-order valence-corrected chi connectivity index (χ0v) is 13.9. The van der Waals surface area contributed by atoms with Crippen LogP contribution in [0.1, 0.15) is 36.0 Å². The Morgan fingerprint density at radius 1 is 1.21 bits per heavy atom. The van der Waals surface area contributed by atoms with Gasteiger partial charge in [0.05, 0.1) is 0 Å². The third-order valence-corrected chi connectivity index (χ3v) is 5.68. The molecule has 0 bridgehead atoms. The molecule has 1 saturated carbocycles. The second kappa shape index (κ2) is 6.16. The number of carbonyl (C=O) groups is 2. The number of piperidine rings is 1. The highest BCUT2D eigenvalue weighted by Crippen LogP contribution is 2.37. The molecular formula is C18H24N4O2. The fourth-order valence-corrected chi connectivity index (χ4v) is 4.00. The molecule has 3 fully saturated rings. The summed E-state index contributed by atoms with van der Waals surface area (Å²) in [6, 6.07) is 3.50. The molecule has 3 aliphatic rings. The van der Waals surface area contributed by atoms with Crippen molar-refractivity contribution in [2.24, 2.45) is 5.92 Å². The van der Waals surface area contributed by atoms with E-state index in [-0.39, 0.29) is 11.8 Å². The number of aromatic nitrogens is 1. The number of likely N-dealkylation sites (tertiary alicyclic amines) is 1. The van der Waals surface area contributed by atoms with Gasteiger partial charge in [-0.25, -0.2) is 0 Å². The Morgan fingerprint density at radius 3 is 2.58 bits per heavy atom. The third kappa shape index (κ3) is 2.79.